The van der Waals surface area contributed by atoms with E-state index in [2.05, 4.69) is 0 Å². The van der Waals surface area contributed by atoms with Crippen LogP contribution in [0.4, 0.5) is 0 Å². The summed E-state index contributed by atoms with van der Waals surface area (Å²) >= 11 is 11.7. The molecular formula is C11H13Cl2NO2S. The van der Waals surface area contributed by atoms with Crippen LogP contribution in [0.5, 0.6) is 0 Å². The Balaban J connectivity index is 2.20. The van der Waals surface area contributed by atoms with Gasteiger partial charge in [-0.2, -0.15) is 4.31 Å². The number of benzene rings is 1. The second-order valence-corrected chi connectivity index (χ2v) is 7.08. The zero-order chi connectivity index (χ0) is 12.6. The van der Waals surface area contributed by atoms with Crippen LogP contribution in [-0.4, -0.2) is 25.3 Å². The molecule has 3 nitrogen and oxygen atoms in total. The highest BCUT2D eigenvalue weighted by Crippen LogP contribution is 2.26. The molecule has 6 heteroatoms. The minimum Gasteiger partial charge on any atom is -0.212 e. The standard InChI is InChI=1S/C11H13Cl2NO2S/c1-8-2-3-14(8)17(15,16)7-9-4-10(12)6-11(13)5-9/h4-6,8H,2-3,7H2,1H3/t8-/m0/s1. The van der Waals surface area contributed by atoms with Crippen LogP contribution in [0, 0.1) is 0 Å². The Morgan fingerprint density at radius 1 is 1.29 bits per heavy atom. The predicted molar refractivity (Wildman–Crippen MR) is 69.9 cm³/mol. The second-order valence-electron chi connectivity index (χ2n) is 4.28. The molecular weight excluding hydrogens is 281 g/mol. The molecule has 0 unspecified atom stereocenters. The van der Waals surface area contributed by atoms with Gasteiger partial charge in [0.05, 0.1) is 5.75 Å². The summed E-state index contributed by atoms with van der Waals surface area (Å²) < 4.78 is 25.6. The van der Waals surface area contributed by atoms with Crippen molar-refractivity contribution in [3.63, 3.8) is 0 Å². The Bertz CT molecular complexity index is 510. The summed E-state index contributed by atoms with van der Waals surface area (Å²) in [6.45, 7) is 2.52. The largest absolute Gasteiger partial charge is 0.218 e. The second kappa shape index (κ2) is 4.76. The van der Waals surface area contributed by atoms with Gasteiger partial charge in [0.15, 0.2) is 0 Å². The van der Waals surface area contributed by atoms with Gasteiger partial charge < -0.3 is 0 Å². The lowest BCUT2D eigenvalue weighted by Crippen LogP contribution is -2.49. The van der Waals surface area contributed by atoms with Crippen LogP contribution in [0.1, 0.15) is 18.9 Å². The van der Waals surface area contributed by atoms with Crippen molar-refractivity contribution < 1.29 is 8.42 Å². The first kappa shape index (κ1) is 13.1. The van der Waals surface area contributed by atoms with E-state index in [4.69, 9.17) is 23.2 Å². The van der Waals surface area contributed by atoms with Crippen LogP contribution in [0.25, 0.3) is 0 Å². The van der Waals surface area contributed by atoms with Gasteiger partial charge in [-0.25, -0.2) is 8.42 Å². The van der Waals surface area contributed by atoms with E-state index in [1.165, 1.54) is 4.31 Å². The lowest BCUT2D eigenvalue weighted by Gasteiger charge is -2.37. The average molecular weight is 294 g/mol. The van der Waals surface area contributed by atoms with Gasteiger partial charge >= 0.3 is 0 Å². The first-order valence-electron chi connectivity index (χ1n) is 5.33. The van der Waals surface area contributed by atoms with Crippen LogP contribution >= 0.6 is 23.2 Å². The van der Waals surface area contributed by atoms with Crippen LogP contribution in [-0.2, 0) is 15.8 Å². The molecule has 0 aromatic heterocycles. The Morgan fingerprint density at radius 3 is 2.29 bits per heavy atom. The summed E-state index contributed by atoms with van der Waals surface area (Å²) in [5, 5.41) is 0.915. The summed E-state index contributed by atoms with van der Waals surface area (Å²) in [7, 11) is -3.24. The Kier molecular flexibility index (Phi) is 3.69. The fraction of sp³-hybridized carbons (Fsp3) is 0.455. The molecule has 1 atom stereocenters. The molecule has 2 rings (SSSR count). The van der Waals surface area contributed by atoms with E-state index < -0.39 is 10.0 Å². The number of rotatable bonds is 3. The number of sulfonamides is 1. The topological polar surface area (TPSA) is 37.4 Å². The number of hydrogen-bond donors (Lipinski definition) is 0. The fourth-order valence-corrected chi connectivity index (χ4v) is 4.26. The third-order valence-corrected chi connectivity index (χ3v) is 5.28. The Hall–Kier alpha value is -0.290. The van der Waals surface area contributed by atoms with E-state index in [0.717, 1.165) is 6.42 Å². The van der Waals surface area contributed by atoms with E-state index in [9.17, 15) is 8.42 Å². The first-order valence-corrected chi connectivity index (χ1v) is 7.69. The third-order valence-electron chi connectivity index (χ3n) is 2.89. The zero-order valence-corrected chi connectivity index (χ0v) is 11.7. The highest BCUT2D eigenvalue weighted by Gasteiger charge is 2.34. The first-order chi connectivity index (χ1) is 7.88. The van der Waals surface area contributed by atoms with Gasteiger partial charge in [0.1, 0.15) is 0 Å². The van der Waals surface area contributed by atoms with Crippen molar-refractivity contribution in [3.05, 3.63) is 33.8 Å². The highest BCUT2D eigenvalue weighted by molar-refractivity contribution is 7.88. The monoisotopic (exact) mass is 293 g/mol. The van der Waals surface area contributed by atoms with Gasteiger partial charge in [0.25, 0.3) is 0 Å². The molecule has 1 aliphatic rings. The Morgan fingerprint density at radius 2 is 1.88 bits per heavy atom. The van der Waals surface area contributed by atoms with Crippen molar-refractivity contribution in [2.45, 2.75) is 25.1 Å². The lowest BCUT2D eigenvalue weighted by molar-refractivity contribution is 0.217. The molecule has 1 aliphatic heterocycles. The van der Waals surface area contributed by atoms with Gasteiger partial charge in [-0.15, -0.1) is 0 Å². The summed E-state index contributed by atoms with van der Waals surface area (Å²) in [6.07, 6.45) is 0.926. The normalized spacial score (nSPS) is 21.2. The average Bonchev–Trinajstić information content (AvgIpc) is 2.11. The minimum absolute atomic E-state index is 0.0440. The highest BCUT2D eigenvalue weighted by atomic mass is 35.5. The summed E-state index contributed by atoms with van der Waals surface area (Å²) in [5.41, 5.74) is 0.626. The third kappa shape index (κ3) is 2.94. The summed E-state index contributed by atoms with van der Waals surface area (Å²) in [4.78, 5) is 0. The summed E-state index contributed by atoms with van der Waals surface area (Å²) in [6, 6.07) is 4.96. The lowest BCUT2D eigenvalue weighted by atomic mass is 10.1. The van der Waals surface area contributed by atoms with Crippen LogP contribution in [0.3, 0.4) is 0 Å². The smallest absolute Gasteiger partial charge is 0.212 e. The molecule has 1 saturated heterocycles. The molecule has 1 heterocycles. The molecule has 1 fully saturated rings. The summed E-state index contributed by atoms with van der Waals surface area (Å²) in [5.74, 6) is -0.0440. The number of halogens is 2. The fourth-order valence-electron chi connectivity index (χ4n) is 1.89. The SMILES string of the molecule is C[C@H]1CCN1S(=O)(=O)Cc1cc(Cl)cc(Cl)c1. The van der Waals surface area contributed by atoms with E-state index >= 15 is 0 Å². The van der Waals surface area contributed by atoms with E-state index in [-0.39, 0.29) is 11.8 Å². The molecule has 0 N–H and O–H groups in total. The van der Waals surface area contributed by atoms with Crippen LogP contribution in [0.2, 0.25) is 10.0 Å². The number of nitrogens with zero attached hydrogens (tertiary/aromatic N) is 1. The van der Waals surface area contributed by atoms with Crippen molar-refractivity contribution in [3.8, 4) is 0 Å². The molecule has 0 radical (unpaired) electrons. The van der Waals surface area contributed by atoms with Crippen LogP contribution < -0.4 is 0 Å². The van der Waals surface area contributed by atoms with Gasteiger partial charge in [-0.1, -0.05) is 23.2 Å². The van der Waals surface area contributed by atoms with E-state index in [0.29, 0.717) is 22.2 Å². The quantitative estimate of drug-likeness (QED) is 0.859. The molecule has 0 saturated carbocycles. The molecule has 94 valence electrons. The van der Waals surface area contributed by atoms with Gasteiger partial charge in [-0.3, -0.25) is 0 Å². The maximum Gasteiger partial charge on any atom is 0.218 e. The van der Waals surface area contributed by atoms with Crippen molar-refractivity contribution >= 4 is 33.2 Å². The van der Waals surface area contributed by atoms with Gasteiger partial charge in [0, 0.05) is 22.6 Å². The molecule has 0 bridgehead atoms. The van der Waals surface area contributed by atoms with E-state index in [1.807, 2.05) is 6.92 Å². The van der Waals surface area contributed by atoms with E-state index in [1.54, 1.807) is 18.2 Å². The minimum atomic E-state index is -3.24. The molecule has 1 aromatic rings. The predicted octanol–water partition coefficient (Wildman–Crippen LogP) is 2.92. The maximum atomic E-state index is 12.1. The van der Waals surface area contributed by atoms with Crippen molar-refractivity contribution in [1.29, 1.82) is 0 Å². The molecule has 0 aliphatic carbocycles. The zero-order valence-electron chi connectivity index (χ0n) is 9.36. The molecule has 0 amide bonds. The van der Waals surface area contributed by atoms with Gasteiger partial charge in [-0.05, 0) is 37.1 Å². The number of hydrogen-bond acceptors (Lipinski definition) is 2. The molecule has 0 spiro atoms. The van der Waals surface area contributed by atoms with Crippen molar-refractivity contribution in [2.75, 3.05) is 6.54 Å². The maximum absolute atomic E-state index is 12.1. The molecule has 17 heavy (non-hydrogen) atoms. The van der Waals surface area contributed by atoms with Gasteiger partial charge in [0.2, 0.25) is 10.0 Å². The van der Waals surface area contributed by atoms with Crippen LogP contribution in [0.15, 0.2) is 18.2 Å². The van der Waals surface area contributed by atoms with Crippen molar-refractivity contribution in [2.24, 2.45) is 0 Å². The molecule has 1 aromatic carbocycles. The van der Waals surface area contributed by atoms with Crippen molar-refractivity contribution in [1.82, 2.24) is 4.31 Å². The Labute approximate surface area is 111 Å².